The maximum Gasteiger partial charge on any atom is 0.308 e. The van der Waals surface area contributed by atoms with Crippen molar-refractivity contribution in [2.45, 2.75) is 57.0 Å². The van der Waals surface area contributed by atoms with Gasteiger partial charge in [-0.3, -0.25) is 9.69 Å². The average Bonchev–Trinajstić information content (AvgIpc) is 2.15. The van der Waals surface area contributed by atoms with Crippen LogP contribution in [0.5, 0.6) is 0 Å². The van der Waals surface area contributed by atoms with Gasteiger partial charge in [-0.15, -0.1) is 0 Å². The number of aliphatic carboxylic acids is 1. The van der Waals surface area contributed by atoms with Crippen LogP contribution in [0.25, 0.3) is 0 Å². The van der Waals surface area contributed by atoms with Crippen molar-refractivity contribution in [1.29, 1.82) is 0 Å². The first-order valence-corrected chi connectivity index (χ1v) is 6.15. The van der Waals surface area contributed by atoms with Crippen molar-refractivity contribution >= 4 is 5.97 Å². The second-order valence-corrected chi connectivity index (χ2v) is 5.05. The van der Waals surface area contributed by atoms with Gasteiger partial charge in [0.1, 0.15) is 0 Å². The molecule has 0 bridgehead atoms. The Morgan fingerprint density at radius 2 is 1.80 bits per heavy atom. The van der Waals surface area contributed by atoms with E-state index >= 15 is 0 Å². The molecule has 2 atom stereocenters. The first-order valence-electron chi connectivity index (χ1n) is 6.15. The molecule has 2 rings (SSSR count). The van der Waals surface area contributed by atoms with Crippen LogP contribution >= 0.6 is 0 Å². The molecule has 3 nitrogen and oxygen atoms in total. The largest absolute Gasteiger partial charge is 0.481 e. The van der Waals surface area contributed by atoms with Crippen LogP contribution in [-0.4, -0.2) is 35.1 Å². The van der Waals surface area contributed by atoms with Crippen molar-refractivity contribution < 1.29 is 9.90 Å². The molecule has 0 aromatic carbocycles. The van der Waals surface area contributed by atoms with Gasteiger partial charge in [0.15, 0.2) is 0 Å². The normalized spacial score (nSPS) is 32.7. The summed E-state index contributed by atoms with van der Waals surface area (Å²) in [6.45, 7) is 0. The fourth-order valence-electron chi connectivity index (χ4n) is 2.95. The summed E-state index contributed by atoms with van der Waals surface area (Å²) in [4.78, 5) is 13.5. The number of nitrogens with zero attached hydrogens (tertiary/aromatic N) is 1. The molecule has 0 aliphatic heterocycles. The Balaban J connectivity index is 1.99. The van der Waals surface area contributed by atoms with Gasteiger partial charge in [0.25, 0.3) is 0 Å². The molecule has 3 heteroatoms. The van der Waals surface area contributed by atoms with Crippen LogP contribution in [0, 0.1) is 5.92 Å². The Hall–Kier alpha value is -0.570. The molecule has 0 aromatic heterocycles. The molecule has 0 spiro atoms. The first kappa shape index (κ1) is 10.9. The molecule has 0 saturated heterocycles. The predicted octanol–water partition coefficient (Wildman–Crippen LogP) is 2.11. The van der Waals surface area contributed by atoms with Crippen molar-refractivity contribution in [3.8, 4) is 0 Å². The van der Waals surface area contributed by atoms with Gasteiger partial charge >= 0.3 is 5.97 Å². The van der Waals surface area contributed by atoms with E-state index in [0.29, 0.717) is 12.1 Å². The lowest BCUT2D eigenvalue weighted by molar-refractivity contribution is -0.146. The Labute approximate surface area is 91.5 Å². The number of carboxylic acids is 1. The van der Waals surface area contributed by atoms with Crippen LogP contribution in [0.15, 0.2) is 0 Å². The van der Waals surface area contributed by atoms with E-state index < -0.39 is 5.97 Å². The summed E-state index contributed by atoms with van der Waals surface area (Å²) >= 11 is 0. The zero-order valence-corrected chi connectivity index (χ0v) is 9.48. The summed E-state index contributed by atoms with van der Waals surface area (Å²) in [5.41, 5.74) is 0. The van der Waals surface area contributed by atoms with Crippen molar-refractivity contribution in [2.24, 2.45) is 5.92 Å². The smallest absolute Gasteiger partial charge is 0.308 e. The maximum absolute atomic E-state index is 11.2. The zero-order chi connectivity index (χ0) is 10.8. The Morgan fingerprint density at radius 1 is 1.13 bits per heavy atom. The SMILES string of the molecule is CN(C1CCC1)C1CCCCC1C(=O)O. The monoisotopic (exact) mass is 211 g/mol. The van der Waals surface area contributed by atoms with Gasteiger partial charge in [-0.25, -0.2) is 0 Å². The second kappa shape index (κ2) is 4.52. The predicted molar refractivity (Wildman–Crippen MR) is 58.8 cm³/mol. The molecule has 2 aliphatic carbocycles. The van der Waals surface area contributed by atoms with E-state index in [1.54, 1.807) is 0 Å². The van der Waals surface area contributed by atoms with Crippen LogP contribution in [0.2, 0.25) is 0 Å². The van der Waals surface area contributed by atoms with Crippen molar-refractivity contribution in [3.63, 3.8) is 0 Å². The van der Waals surface area contributed by atoms with Gasteiger partial charge in [-0.05, 0) is 32.7 Å². The van der Waals surface area contributed by atoms with Gasteiger partial charge in [-0.1, -0.05) is 19.3 Å². The van der Waals surface area contributed by atoms with Gasteiger partial charge in [0.2, 0.25) is 0 Å². The third-order valence-electron chi connectivity index (χ3n) is 4.22. The highest BCUT2D eigenvalue weighted by Gasteiger charge is 2.37. The van der Waals surface area contributed by atoms with E-state index in [9.17, 15) is 9.90 Å². The molecule has 0 heterocycles. The van der Waals surface area contributed by atoms with Crippen molar-refractivity contribution in [2.75, 3.05) is 7.05 Å². The molecule has 1 N–H and O–H groups in total. The minimum absolute atomic E-state index is 0.121. The Bertz CT molecular complexity index is 238. The fraction of sp³-hybridized carbons (Fsp3) is 0.917. The lowest BCUT2D eigenvalue weighted by Gasteiger charge is -2.43. The summed E-state index contributed by atoms with van der Waals surface area (Å²) < 4.78 is 0. The van der Waals surface area contributed by atoms with E-state index in [1.807, 2.05) is 0 Å². The van der Waals surface area contributed by atoms with Crippen LogP contribution in [-0.2, 0) is 4.79 Å². The fourth-order valence-corrected chi connectivity index (χ4v) is 2.95. The van der Waals surface area contributed by atoms with E-state index in [-0.39, 0.29) is 5.92 Å². The average molecular weight is 211 g/mol. The summed E-state index contributed by atoms with van der Waals surface area (Å²) in [6, 6.07) is 0.955. The van der Waals surface area contributed by atoms with Crippen LogP contribution in [0.1, 0.15) is 44.9 Å². The molecule has 0 aromatic rings. The molecular formula is C12H21NO2. The molecule has 0 radical (unpaired) electrons. The van der Waals surface area contributed by atoms with Crippen LogP contribution in [0.4, 0.5) is 0 Å². The lowest BCUT2D eigenvalue weighted by Crippen LogP contribution is -2.50. The first-order chi connectivity index (χ1) is 7.20. The quantitative estimate of drug-likeness (QED) is 0.777. The molecule has 15 heavy (non-hydrogen) atoms. The summed E-state index contributed by atoms with van der Waals surface area (Å²) in [6.07, 6.45) is 8.08. The highest BCUT2D eigenvalue weighted by Crippen LogP contribution is 2.33. The minimum Gasteiger partial charge on any atom is -0.481 e. The molecule has 2 aliphatic rings. The zero-order valence-electron chi connectivity index (χ0n) is 9.48. The van der Waals surface area contributed by atoms with Gasteiger partial charge < -0.3 is 5.11 Å². The number of carbonyl (C=O) groups is 1. The molecule has 2 fully saturated rings. The van der Waals surface area contributed by atoms with Crippen molar-refractivity contribution in [3.05, 3.63) is 0 Å². The highest BCUT2D eigenvalue weighted by molar-refractivity contribution is 5.71. The van der Waals surface area contributed by atoms with Crippen LogP contribution in [0.3, 0.4) is 0 Å². The van der Waals surface area contributed by atoms with E-state index in [4.69, 9.17) is 0 Å². The maximum atomic E-state index is 11.2. The minimum atomic E-state index is -0.592. The summed E-state index contributed by atoms with van der Waals surface area (Å²) in [5.74, 6) is -0.713. The molecule has 2 unspecified atom stereocenters. The lowest BCUT2D eigenvalue weighted by atomic mass is 9.81. The summed E-state index contributed by atoms with van der Waals surface area (Å²) in [7, 11) is 2.12. The Morgan fingerprint density at radius 3 is 2.33 bits per heavy atom. The van der Waals surface area contributed by atoms with Gasteiger partial charge in [-0.2, -0.15) is 0 Å². The van der Waals surface area contributed by atoms with Crippen molar-refractivity contribution in [1.82, 2.24) is 4.90 Å². The number of rotatable bonds is 3. The van der Waals surface area contributed by atoms with Crippen LogP contribution < -0.4 is 0 Å². The third kappa shape index (κ3) is 2.17. The van der Waals surface area contributed by atoms with Gasteiger partial charge in [0, 0.05) is 12.1 Å². The van der Waals surface area contributed by atoms with E-state index in [0.717, 1.165) is 19.3 Å². The molecule has 2 saturated carbocycles. The second-order valence-electron chi connectivity index (χ2n) is 5.05. The summed E-state index contributed by atoms with van der Waals surface area (Å²) in [5, 5.41) is 9.20. The number of hydrogen-bond donors (Lipinski definition) is 1. The van der Waals surface area contributed by atoms with E-state index in [1.165, 1.54) is 25.7 Å². The Kier molecular flexibility index (Phi) is 3.29. The molecule has 86 valence electrons. The third-order valence-corrected chi connectivity index (χ3v) is 4.22. The highest BCUT2D eigenvalue weighted by atomic mass is 16.4. The van der Waals surface area contributed by atoms with E-state index in [2.05, 4.69) is 11.9 Å². The standard InChI is InChI=1S/C12H21NO2/c1-13(9-5-4-6-9)11-8-3-2-7-10(11)12(14)15/h9-11H,2-8H2,1H3,(H,14,15). The molecule has 0 amide bonds. The number of carboxylic acid groups (broad SMARTS) is 1. The molecular weight excluding hydrogens is 190 g/mol. The van der Waals surface area contributed by atoms with Gasteiger partial charge in [0.05, 0.1) is 5.92 Å². The number of hydrogen-bond acceptors (Lipinski definition) is 2. The topological polar surface area (TPSA) is 40.5 Å².